The van der Waals surface area contributed by atoms with Crippen molar-refractivity contribution < 1.29 is 33.5 Å². The molecule has 1 unspecified atom stereocenters. The molecule has 2 N–H and O–H groups in total. The van der Waals surface area contributed by atoms with Crippen LogP contribution in [0.3, 0.4) is 0 Å². The van der Waals surface area contributed by atoms with Crippen LogP contribution in [-0.2, 0) is 22.4 Å². The standard InChI is InChI=1S/C34H37N3O7/c1-4-29(30-23-28(36-44-30)26-15-17-27(18-16-26)43-34(2,3)31(38)39)42-33(41)37(22-20-25-13-9-6-10-14-25)32(40)35-21-19-24-11-7-5-8-12-24/h5-18,23,29H,4,19-22H2,1-3H3,(H,35,40)(H,38,39). The number of imide groups is 1. The number of aromatic nitrogens is 1. The second kappa shape index (κ2) is 14.9. The van der Waals surface area contributed by atoms with Crippen LogP contribution in [0.4, 0.5) is 9.59 Å². The Kier molecular flexibility index (Phi) is 10.7. The van der Waals surface area contributed by atoms with E-state index in [1.165, 1.54) is 13.8 Å². The van der Waals surface area contributed by atoms with Gasteiger partial charge in [-0.2, -0.15) is 0 Å². The van der Waals surface area contributed by atoms with E-state index in [1.807, 2.05) is 67.6 Å². The van der Waals surface area contributed by atoms with Gasteiger partial charge in [0.25, 0.3) is 0 Å². The van der Waals surface area contributed by atoms with Gasteiger partial charge in [-0.05, 0) is 68.5 Å². The van der Waals surface area contributed by atoms with Crippen LogP contribution in [0.1, 0.15) is 50.2 Å². The van der Waals surface area contributed by atoms with Gasteiger partial charge in [0.15, 0.2) is 17.5 Å². The lowest BCUT2D eigenvalue weighted by atomic mass is 10.1. The van der Waals surface area contributed by atoms with Gasteiger partial charge >= 0.3 is 18.1 Å². The van der Waals surface area contributed by atoms with E-state index in [1.54, 1.807) is 30.3 Å². The highest BCUT2D eigenvalue weighted by molar-refractivity contribution is 5.91. The summed E-state index contributed by atoms with van der Waals surface area (Å²) in [6.07, 6.45) is -0.0878. The molecular formula is C34H37N3O7. The van der Waals surface area contributed by atoms with Gasteiger partial charge in [0, 0.05) is 24.7 Å². The minimum absolute atomic E-state index is 0.130. The molecule has 0 saturated heterocycles. The number of urea groups is 1. The third kappa shape index (κ3) is 8.70. The maximum Gasteiger partial charge on any atom is 0.418 e. The Morgan fingerprint density at radius 3 is 2.14 bits per heavy atom. The third-order valence-corrected chi connectivity index (χ3v) is 6.96. The molecule has 0 saturated carbocycles. The van der Waals surface area contributed by atoms with Gasteiger partial charge in [0.1, 0.15) is 11.4 Å². The Morgan fingerprint density at radius 2 is 1.55 bits per heavy atom. The Hall–Kier alpha value is -5.12. The fourth-order valence-corrected chi connectivity index (χ4v) is 4.35. The number of ether oxygens (including phenoxy) is 2. The van der Waals surface area contributed by atoms with E-state index in [4.69, 9.17) is 14.0 Å². The molecule has 10 heteroatoms. The fraction of sp³-hybridized carbons (Fsp3) is 0.294. The Bertz CT molecular complexity index is 1520. The van der Waals surface area contributed by atoms with E-state index in [-0.39, 0.29) is 6.54 Å². The topological polar surface area (TPSA) is 131 Å². The van der Waals surface area contributed by atoms with Crippen molar-refractivity contribution in [3.63, 3.8) is 0 Å². The van der Waals surface area contributed by atoms with Gasteiger partial charge in [-0.15, -0.1) is 0 Å². The van der Waals surface area contributed by atoms with Crippen LogP contribution in [0.15, 0.2) is 95.5 Å². The molecule has 10 nitrogen and oxygen atoms in total. The zero-order valence-electron chi connectivity index (χ0n) is 25.1. The zero-order valence-corrected chi connectivity index (χ0v) is 25.1. The summed E-state index contributed by atoms with van der Waals surface area (Å²) in [6.45, 7) is 5.27. The van der Waals surface area contributed by atoms with Gasteiger partial charge in [0.2, 0.25) is 0 Å². The van der Waals surface area contributed by atoms with E-state index >= 15 is 0 Å². The van der Waals surface area contributed by atoms with Crippen LogP contribution in [-0.4, -0.2) is 51.9 Å². The van der Waals surface area contributed by atoms with Crippen molar-refractivity contribution in [2.45, 2.75) is 51.7 Å². The molecule has 0 fully saturated rings. The quantitative estimate of drug-likeness (QED) is 0.174. The minimum Gasteiger partial charge on any atom is -0.478 e. The first-order valence-corrected chi connectivity index (χ1v) is 14.5. The number of aliphatic carboxylic acids is 1. The largest absolute Gasteiger partial charge is 0.478 e. The van der Waals surface area contributed by atoms with Gasteiger partial charge in [-0.3, -0.25) is 0 Å². The fourth-order valence-electron chi connectivity index (χ4n) is 4.35. The summed E-state index contributed by atoms with van der Waals surface area (Å²) >= 11 is 0. The maximum atomic E-state index is 13.4. The van der Waals surface area contributed by atoms with Crippen LogP contribution in [0, 0.1) is 0 Å². The summed E-state index contributed by atoms with van der Waals surface area (Å²) < 4.78 is 16.9. The molecule has 0 aliphatic rings. The molecule has 44 heavy (non-hydrogen) atoms. The molecule has 1 atom stereocenters. The van der Waals surface area contributed by atoms with Crippen molar-refractivity contribution in [3.8, 4) is 17.0 Å². The molecule has 0 radical (unpaired) electrons. The summed E-state index contributed by atoms with van der Waals surface area (Å²) in [5, 5.41) is 16.3. The number of carbonyl (C=O) groups excluding carboxylic acids is 2. The first-order valence-electron chi connectivity index (χ1n) is 14.5. The lowest BCUT2D eigenvalue weighted by Crippen LogP contribution is -2.46. The predicted octanol–water partition coefficient (Wildman–Crippen LogP) is 6.67. The Morgan fingerprint density at radius 1 is 0.932 bits per heavy atom. The number of rotatable bonds is 13. The van der Waals surface area contributed by atoms with E-state index < -0.39 is 29.8 Å². The highest BCUT2D eigenvalue weighted by Crippen LogP contribution is 2.29. The predicted molar refractivity (Wildman–Crippen MR) is 164 cm³/mol. The van der Waals surface area contributed by atoms with Gasteiger partial charge in [-0.25, -0.2) is 19.3 Å². The lowest BCUT2D eigenvalue weighted by molar-refractivity contribution is -0.152. The second-order valence-corrected chi connectivity index (χ2v) is 10.7. The molecule has 0 aliphatic heterocycles. The average molecular weight is 600 g/mol. The molecule has 230 valence electrons. The Balaban J connectivity index is 1.42. The third-order valence-electron chi connectivity index (χ3n) is 6.96. The maximum absolute atomic E-state index is 13.4. The number of carbonyl (C=O) groups is 3. The number of nitrogens with one attached hydrogen (secondary N) is 1. The number of carboxylic acids is 1. The molecule has 4 rings (SSSR count). The summed E-state index contributed by atoms with van der Waals surface area (Å²) in [5.41, 5.74) is 1.87. The smallest absolute Gasteiger partial charge is 0.418 e. The molecule has 3 aromatic carbocycles. The van der Waals surface area contributed by atoms with E-state index in [9.17, 15) is 19.5 Å². The van der Waals surface area contributed by atoms with Crippen LogP contribution in [0.2, 0.25) is 0 Å². The second-order valence-electron chi connectivity index (χ2n) is 10.7. The molecule has 1 heterocycles. The van der Waals surface area contributed by atoms with Crippen molar-refractivity contribution in [2.24, 2.45) is 0 Å². The Labute approximate surface area is 256 Å². The number of nitrogens with zero attached hydrogens (tertiary/aromatic N) is 2. The minimum atomic E-state index is -1.38. The van der Waals surface area contributed by atoms with Crippen molar-refractivity contribution in [2.75, 3.05) is 13.1 Å². The summed E-state index contributed by atoms with van der Waals surface area (Å²) in [5.74, 6) is -0.357. The highest BCUT2D eigenvalue weighted by Gasteiger charge is 2.30. The van der Waals surface area contributed by atoms with Crippen LogP contribution in [0.5, 0.6) is 5.75 Å². The van der Waals surface area contributed by atoms with Crippen molar-refractivity contribution in [1.29, 1.82) is 0 Å². The van der Waals surface area contributed by atoms with Crippen molar-refractivity contribution in [1.82, 2.24) is 15.4 Å². The number of benzene rings is 3. The van der Waals surface area contributed by atoms with Crippen molar-refractivity contribution in [3.05, 3.63) is 108 Å². The first-order chi connectivity index (χ1) is 21.2. The van der Waals surface area contributed by atoms with Gasteiger partial charge < -0.3 is 24.4 Å². The molecule has 0 bridgehead atoms. The number of amides is 3. The van der Waals surface area contributed by atoms with Crippen LogP contribution < -0.4 is 10.1 Å². The van der Waals surface area contributed by atoms with Crippen LogP contribution in [0.25, 0.3) is 11.3 Å². The molecule has 0 spiro atoms. The first kappa shape index (κ1) is 31.8. The van der Waals surface area contributed by atoms with E-state index in [0.29, 0.717) is 48.6 Å². The monoisotopic (exact) mass is 599 g/mol. The molecule has 0 aliphatic carbocycles. The molecule has 4 aromatic rings. The SMILES string of the molecule is CCC(OC(=O)N(CCc1ccccc1)C(=O)NCCc1ccccc1)c1cc(-c2ccc(OC(C)(C)C(=O)O)cc2)no1. The average Bonchev–Trinajstić information content (AvgIpc) is 3.51. The highest BCUT2D eigenvalue weighted by atomic mass is 16.6. The molecular weight excluding hydrogens is 562 g/mol. The number of hydrogen-bond acceptors (Lipinski definition) is 7. The van der Waals surface area contributed by atoms with E-state index in [0.717, 1.165) is 16.0 Å². The number of hydrogen-bond donors (Lipinski definition) is 2. The molecule has 1 aromatic heterocycles. The number of carboxylic acid groups (broad SMARTS) is 1. The lowest BCUT2D eigenvalue weighted by Gasteiger charge is -2.23. The summed E-state index contributed by atoms with van der Waals surface area (Å²) in [6, 6.07) is 27.2. The van der Waals surface area contributed by atoms with E-state index in [2.05, 4.69) is 10.5 Å². The van der Waals surface area contributed by atoms with Crippen molar-refractivity contribution >= 4 is 18.1 Å². The zero-order chi connectivity index (χ0) is 31.5. The summed E-state index contributed by atoms with van der Waals surface area (Å²) in [7, 11) is 0. The summed E-state index contributed by atoms with van der Waals surface area (Å²) in [4.78, 5) is 39.0. The van der Waals surface area contributed by atoms with Gasteiger partial charge in [-0.1, -0.05) is 72.7 Å². The normalized spacial score (nSPS) is 11.8. The molecule has 3 amide bonds. The van der Waals surface area contributed by atoms with Crippen LogP contribution >= 0.6 is 0 Å². The van der Waals surface area contributed by atoms with Gasteiger partial charge in [0.05, 0.1) is 0 Å².